The average molecular weight is 497 g/mol. The Morgan fingerprint density at radius 2 is 1.89 bits per heavy atom. The van der Waals surface area contributed by atoms with Gasteiger partial charge in [0.2, 0.25) is 5.91 Å². The second-order valence-electron chi connectivity index (χ2n) is 9.93. The Morgan fingerprint density at radius 3 is 2.65 bits per heavy atom. The molecule has 3 N–H and O–H groups in total. The van der Waals surface area contributed by atoms with Crippen molar-refractivity contribution in [1.29, 1.82) is 0 Å². The number of pyridine rings is 1. The molecule has 1 fully saturated rings. The van der Waals surface area contributed by atoms with Gasteiger partial charge in [0.05, 0.1) is 28.9 Å². The summed E-state index contributed by atoms with van der Waals surface area (Å²) in [6.07, 6.45) is 3.41. The Morgan fingerprint density at radius 1 is 1.14 bits per heavy atom. The number of nitrogens with zero attached hydrogens (tertiary/aromatic N) is 4. The van der Waals surface area contributed by atoms with Crippen molar-refractivity contribution in [2.45, 2.75) is 52.2 Å². The molecule has 0 aliphatic carbocycles. The quantitative estimate of drug-likeness (QED) is 0.386. The van der Waals surface area contributed by atoms with Gasteiger partial charge in [-0.2, -0.15) is 5.10 Å². The number of aryl methyl sites for hydroxylation is 1. The molecule has 37 heavy (non-hydrogen) atoms. The van der Waals surface area contributed by atoms with Crippen molar-refractivity contribution in [1.82, 2.24) is 19.7 Å². The summed E-state index contributed by atoms with van der Waals surface area (Å²) in [4.78, 5) is 32.7. The van der Waals surface area contributed by atoms with E-state index in [9.17, 15) is 9.59 Å². The van der Waals surface area contributed by atoms with Gasteiger partial charge in [0.1, 0.15) is 0 Å². The smallest absolute Gasteiger partial charge is 0.256 e. The largest absolute Gasteiger partial charge is 0.368 e. The lowest BCUT2D eigenvalue weighted by Gasteiger charge is -2.23. The zero-order valence-electron chi connectivity index (χ0n) is 21.4. The molecule has 1 aliphatic heterocycles. The van der Waals surface area contributed by atoms with Gasteiger partial charge < -0.3 is 11.1 Å². The van der Waals surface area contributed by atoms with Crippen molar-refractivity contribution in [2.75, 3.05) is 11.9 Å². The third-order valence-electron chi connectivity index (χ3n) is 7.05. The fraction of sp³-hybridized carbons (Fsp3) is 0.310. The van der Waals surface area contributed by atoms with Crippen molar-refractivity contribution < 1.29 is 9.59 Å². The van der Waals surface area contributed by atoms with E-state index in [1.54, 1.807) is 6.20 Å². The molecule has 8 nitrogen and oxygen atoms in total. The third-order valence-corrected chi connectivity index (χ3v) is 7.05. The van der Waals surface area contributed by atoms with Crippen LogP contribution < -0.4 is 11.1 Å². The highest BCUT2D eigenvalue weighted by molar-refractivity contribution is 6.13. The number of nitrogens with two attached hydrogens (primary N) is 1. The van der Waals surface area contributed by atoms with Crippen LogP contribution in [-0.4, -0.2) is 44.1 Å². The highest BCUT2D eigenvalue weighted by atomic mass is 16.2. The molecule has 4 aromatic rings. The second-order valence-corrected chi connectivity index (χ2v) is 9.93. The molecule has 2 amide bonds. The number of fused-ring (bicyclic) bond motifs is 1. The molecular formula is C29H32N6O2. The SMILES string of the molecule is Cc1ccccc1-c1cc(C(=O)Nc2ccccc2CN2CCCC2C(N)=O)c2cnn(C(C)C)c2n1. The second kappa shape index (κ2) is 10.1. The zero-order chi connectivity index (χ0) is 26.1. The minimum absolute atomic E-state index is 0.0902. The van der Waals surface area contributed by atoms with Gasteiger partial charge in [-0.05, 0) is 63.4 Å². The molecule has 0 spiro atoms. The molecule has 1 aliphatic rings. The third kappa shape index (κ3) is 4.84. The monoisotopic (exact) mass is 496 g/mol. The molecule has 0 radical (unpaired) electrons. The van der Waals surface area contributed by atoms with Crippen LogP contribution in [-0.2, 0) is 11.3 Å². The maximum Gasteiger partial charge on any atom is 0.256 e. The molecule has 1 unspecified atom stereocenters. The number of amides is 2. The fourth-order valence-electron chi connectivity index (χ4n) is 5.11. The molecule has 1 atom stereocenters. The van der Waals surface area contributed by atoms with E-state index in [2.05, 4.69) is 15.3 Å². The first-order valence-corrected chi connectivity index (χ1v) is 12.7. The summed E-state index contributed by atoms with van der Waals surface area (Å²) in [7, 11) is 0. The van der Waals surface area contributed by atoms with Crippen molar-refractivity contribution in [3.8, 4) is 11.3 Å². The Hall–Kier alpha value is -4.04. The van der Waals surface area contributed by atoms with E-state index in [0.29, 0.717) is 28.8 Å². The van der Waals surface area contributed by atoms with Crippen LogP contribution in [0.15, 0.2) is 60.8 Å². The van der Waals surface area contributed by atoms with Gasteiger partial charge in [0.15, 0.2) is 5.65 Å². The predicted octanol–water partition coefficient (Wildman–Crippen LogP) is 4.69. The van der Waals surface area contributed by atoms with Crippen molar-refractivity contribution in [2.24, 2.45) is 5.73 Å². The van der Waals surface area contributed by atoms with E-state index >= 15 is 0 Å². The fourth-order valence-corrected chi connectivity index (χ4v) is 5.11. The van der Waals surface area contributed by atoms with Gasteiger partial charge in [-0.25, -0.2) is 9.67 Å². The van der Waals surface area contributed by atoms with Crippen LogP contribution >= 0.6 is 0 Å². The van der Waals surface area contributed by atoms with Gasteiger partial charge in [0.25, 0.3) is 5.91 Å². The number of hydrogen-bond donors (Lipinski definition) is 2. The van der Waals surface area contributed by atoms with Crippen LogP contribution in [0.2, 0.25) is 0 Å². The summed E-state index contributed by atoms with van der Waals surface area (Å²) in [6.45, 7) is 7.46. The summed E-state index contributed by atoms with van der Waals surface area (Å²) in [5, 5.41) is 8.36. The summed E-state index contributed by atoms with van der Waals surface area (Å²) in [6, 6.07) is 17.4. The van der Waals surface area contributed by atoms with Crippen LogP contribution in [0.4, 0.5) is 5.69 Å². The number of nitrogens with one attached hydrogen (secondary N) is 1. The van der Waals surface area contributed by atoms with Crippen LogP contribution in [0.5, 0.6) is 0 Å². The Labute approximate surface area is 216 Å². The maximum absolute atomic E-state index is 13.8. The maximum atomic E-state index is 13.8. The Bertz CT molecular complexity index is 1470. The van der Waals surface area contributed by atoms with E-state index < -0.39 is 0 Å². The lowest BCUT2D eigenvalue weighted by molar-refractivity contribution is -0.122. The van der Waals surface area contributed by atoms with Gasteiger partial charge in [-0.15, -0.1) is 0 Å². The molecule has 3 heterocycles. The number of hydrogen-bond acceptors (Lipinski definition) is 5. The van der Waals surface area contributed by atoms with E-state index in [-0.39, 0.29) is 23.9 Å². The standard InChI is InChI=1S/C29H32N6O2/c1-18(2)35-28-23(16-31-35)22(15-25(32-28)21-11-6-4-9-19(21)3)29(37)33-24-12-7-5-10-20(24)17-34-14-8-13-26(34)27(30)36/h4-7,9-12,15-16,18,26H,8,13-14,17H2,1-3H3,(H2,30,36)(H,33,37). The van der Waals surface area contributed by atoms with Crippen LogP contribution in [0.25, 0.3) is 22.3 Å². The normalized spacial score (nSPS) is 15.9. The number of rotatable bonds is 7. The number of primary amides is 1. The van der Waals surface area contributed by atoms with Crippen molar-refractivity contribution in [3.05, 3.63) is 77.5 Å². The van der Waals surface area contributed by atoms with Crippen LogP contribution in [0.3, 0.4) is 0 Å². The van der Waals surface area contributed by atoms with E-state index in [0.717, 1.165) is 41.8 Å². The first kappa shape index (κ1) is 24.6. The van der Waals surface area contributed by atoms with Crippen molar-refractivity contribution >= 4 is 28.5 Å². The van der Waals surface area contributed by atoms with Gasteiger partial charge >= 0.3 is 0 Å². The number of anilines is 1. The molecule has 8 heteroatoms. The highest BCUT2D eigenvalue weighted by Gasteiger charge is 2.29. The van der Waals surface area contributed by atoms with Gasteiger partial charge in [-0.3, -0.25) is 14.5 Å². The Balaban J connectivity index is 1.53. The highest BCUT2D eigenvalue weighted by Crippen LogP contribution is 2.30. The molecule has 2 aromatic carbocycles. The molecule has 2 aromatic heterocycles. The number of aromatic nitrogens is 3. The summed E-state index contributed by atoms with van der Waals surface area (Å²) < 4.78 is 1.85. The van der Waals surface area contributed by atoms with Gasteiger partial charge in [-0.1, -0.05) is 42.5 Å². The summed E-state index contributed by atoms with van der Waals surface area (Å²) >= 11 is 0. The summed E-state index contributed by atoms with van der Waals surface area (Å²) in [5.74, 6) is -0.532. The lowest BCUT2D eigenvalue weighted by atomic mass is 10.0. The first-order valence-electron chi connectivity index (χ1n) is 12.7. The Kier molecular flexibility index (Phi) is 6.76. The molecular weight excluding hydrogens is 464 g/mol. The number of benzene rings is 2. The molecule has 0 saturated carbocycles. The molecule has 1 saturated heterocycles. The van der Waals surface area contributed by atoms with Crippen LogP contribution in [0, 0.1) is 6.92 Å². The van der Waals surface area contributed by atoms with E-state index in [1.807, 2.05) is 80.1 Å². The van der Waals surface area contributed by atoms with E-state index in [4.69, 9.17) is 10.7 Å². The zero-order valence-corrected chi connectivity index (χ0v) is 21.4. The predicted molar refractivity (Wildman–Crippen MR) is 145 cm³/mol. The lowest BCUT2D eigenvalue weighted by Crippen LogP contribution is -2.39. The van der Waals surface area contributed by atoms with Crippen molar-refractivity contribution in [3.63, 3.8) is 0 Å². The molecule has 0 bridgehead atoms. The van der Waals surface area contributed by atoms with E-state index in [1.165, 1.54) is 0 Å². The summed E-state index contributed by atoms with van der Waals surface area (Å²) in [5.41, 5.74) is 11.2. The number of para-hydroxylation sites is 1. The number of likely N-dealkylation sites (tertiary alicyclic amines) is 1. The first-order chi connectivity index (χ1) is 17.8. The molecule has 190 valence electrons. The number of carbonyl (C=O) groups is 2. The van der Waals surface area contributed by atoms with Crippen LogP contribution in [0.1, 0.15) is 54.2 Å². The average Bonchev–Trinajstić information content (AvgIpc) is 3.52. The van der Waals surface area contributed by atoms with Gasteiger partial charge in [0, 0.05) is 23.8 Å². The minimum Gasteiger partial charge on any atom is -0.368 e. The molecule has 5 rings (SSSR count). The number of carbonyl (C=O) groups excluding carboxylic acids is 2. The topological polar surface area (TPSA) is 106 Å². The minimum atomic E-state index is -0.302.